The zero-order chi connectivity index (χ0) is 36.9. The van der Waals surface area contributed by atoms with E-state index in [2.05, 4.69) is 66.8 Å². The van der Waals surface area contributed by atoms with Crippen LogP contribution in [0.4, 0.5) is 34.1 Å². The lowest BCUT2D eigenvalue weighted by atomic mass is 10.1. The molecule has 0 bridgehead atoms. The van der Waals surface area contributed by atoms with Crippen LogP contribution in [0.5, 0.6) is 0 Å². The minimum atomic E-state index is -5.17. The monoisotopic (exact) mass is 686 g/mol. The first-order valence-corrected chi connectivity index (χ1v) is 16.3. The van der Waals surface area contributed by atoms with Crippen LogP contribution in [0.1, 0.15) is 26.7 Å². The molecule has 2 N–H and O–H groups in total. The maximum Gasteiger partial charge on any atom is 0.292 e. The van der Waals surface area contributed by atoms with E-state index >= 15 is 0 Å². The van der Waals surface area contributed by atoms with Crippen molar-refractivity contribution in [3.8, 4) is 0 Å². The van der Waals surface area contributed by atoms with Gasteiger partial charge in [-0.15, -0.1) is 0 Å². The summed E-state index contributed by atoms with van der Waals surface area (Å²) in [5.41, 5.74) is 3.31. The molecule has 0 radical (unpaired) electrons. The van der Waals surface area contributed by atoms with E-state index in [-0.39, 0.29) is 21.2 Å². The van der Waals surface area contributed by atoms with Crippen LogP contribution in [0.3, 0.4) is 0 Å². The van der Waals surface area contributed by atoms with E-state index in [1.807, 2.05) is 50.1 Å². The predicted octanol–water partition coefficient (Wildman–Crippen LogP) is 3.78. The summed E-state index contributed by atoms with van der Waals surface area (Å²) in [6, 6.07) is 11.3. The Kier molecular flexibility index (Phi) is 17.1. The molecule has 17 heteroatoms. The van der Waals surface area contributed by atoms with Crippen molar-refractivity contribution in [1.29, 1.82) is 0 Å². The fourth-order valence-electron chi connectivity index (χ4n) is 3.81. The number of hydrogen-bond donors (Lipinski definition) is 2. The lowest BCUT2D eigenvalue weighted by Gasteiger charge is -2.31. The van der Waals surface area contributed by atoms with Gasteiger partial charge in [0.25, 0.3) is 11.4 Å². The molecule has 2 aromatic rings. The number of nitro benzene ring substituents is 2. The van der Waals surface area contributed by atoms with Gasteiger partial charge < -0.3 is 38.5 Å². The van der Waals surface area contributed by atoms with Gasteiger partial charge in [0.1, 0.15) is 11.4 Å². The van der Waals surface area contributed by atoms with E-state index in [0.29, 0.717) is 36.5 Å². The maximum absolute atomic E-state index is 11.1. The number of hydrogen-bond acceptors (Lipinski definition) is 12. The molecule has 268 valence electrons. The van der Waals surface area contributed by atoms with E-state index in [1.165, 1.54) is 0 Å². The van der Waals surface area contributed by atoms with Crippen LogP contribution < -0.4 is 20.4 Å². The largest absolute Gasteiger partial charge is 0.759 e. The Labute approximate surface area is 280 Å². The number of nitro groups is 2. The Morgan fingerprint density at radius 3 is 1.17 bits per heavy atom. The first-order valence-electron chi connectivity index (χ1n) is 14.9. The topological polar surface area (TPSA) is 197 Å². The summed E-state index contributed by atoms with van der Waals surface area (Å²) in [5.74, 6) is 0. The Morgan fingerprint density at radius 2 is 0.957 bits per heavy atom. The van der Waals surface area contributed by atoms with Gasteiger partial charge in [-0.25, -0.2) is 0 Å². The van der Waals surface area contributed by atoms with Crippen LogP contribution in [-0.4, -0.2) is 132 Å². The molecule has 0 spiro atoms. The summed E-state index contributed by atoms with van der Waals surface area (Å²) in [6.07, 6.45) is 1.90. The highest BCUT2D eigenvalue weighted by molar-refractivity contribution is 7.79. The number of nitrogens with one attached hydrogen (secondary N) is 2. The molecule has 2 rings (SSSR count). The van der Waals surface area contributed by atoms with Gasteiger partial charge in [0, 0.05) is 88.0 Å². The first kappa shape index (κ1) is 43.2. The molecule has 16 nitrogen and oxygen atoms in total. The second-order valence-corrected chi connectivity index (χ2v) is 14.3. The number of anilines is 4. The van der Waals surface area contributed by atoms with Crippen LogP contribution in [0, 0.1) is 20.2 Å². The highest BCUT2D eigenvalue weighted by atomic mass is 32.3. The fraction of sp³-hybridized carbons (Fsp3) is 0.600. The normalized spacial score (nSPS) is 12.7. The van der Waals surface area contributed by atoms with Gasteiger partial charge in [-0.05, 0) is 38.1 Å². The molecular formula is C30H54N8O8S. The van der Waals surface area contributed by atoms with Crippen LogP contribution in [0.2, 0.25) is 0 Å². The van der Waals surface area contributed by atoms with E-state index in [9.17, 15) is 20.2 Å². The Hall–Kier alpha value is -3.77. The minimum Gasteiger partial charge on any atom is -0.759 e. The van der Waals surface area contributed by atoms with Crippen LogP contribution in [0.15, 0.2) is 36.4 Å². The molecule has 2 unspecified atom stereocenters. The molecule has 0 saturated heterocycles. The second kappa shape index (κ2) is 18.5. The highest BCUT2D eigenvalue weighted by Crippen LogP contribution is 2.30. The Morgan fingerprint density at radius 1 is 0.681 bits per heavy atom. The SMILES string of the molecule is CC(CCNc1cc(N(C)C)ccc1[N+](=O)[O-])[N+](C)(C)C.CC(CCNc1cc(N(C)C)ccc1[N+](=O)[O-])[N+](C)(C)C.O=S(=O)([O-])[O-]. The van der Waals surface area contributed by atoms with Crippen molar-refractivity contribution in [2.75, 3.05) is 104 Å². The van der Waals surface area contributed by atoms with Crippen molar-refractivity contribution in [3.05, 3.63) is 56.6 Å². The lowest BCUT2D eigenvalue weighted by molar-refractivity contribution is -0.894. The van der Waals surface area contributed by atoms with Crippen molar-refractivity contribution >= 4 is 44.5 Å². The summed E-state index contributed by atoms with van der Waals surface area (Å²) in [4.78, 5) is 25.4. The van der Waals surface area contributed by atoms with Crippen molar-refractivity contribution < 1.29 is 36.3 Å². The van der Waals surface area contributed by atoms with Gasteiger partial charge in [-0.1, -0.05) is 0 Å². The third kappa shape index (κ3) is 17.6. The van der Waals surface area contributed by atoms with Crippen LogP contribution in [0.25, 0.3) is 0 Å². The average molecular weight is 687 g/mol. The third-order valence-electron chi connectivity index (χ3n) is 7.79. The summed E-state index contributed by atoms with van der Waals surface area (Å²) in [5, 5.41) is 28.6. The molecule has 2 aromatic carbocycles. The third-order valence-corrected chi connectivity index (χ3v) is 7.79. The molecule has 0 saturated carbocycles. The molecule has 2 atom stereocenters. The highest BCUT2D eigenvalue weighted by Gasteiger charge is 2.20. The average Bonchev–Trinajstić information content (AvgIpc) is 2.90. The molecule has 0 heterocycles. The molecule has 0 aromatic heterocycles. The molecule has 47 heavy (non-hydrogen) atoms. The van der Waals surface area contributed by atoms with E-state index in [1.54, 1.807) is 24.3 Å². The zero-order valence-corrected chi connectivity index (χ0v) is 30.6. The standard InChI is InChI=1S/2C15H27N4O2.H2O4S/c2*1-12(19(4,5)6)9-10-16-14-11-13(17(2)3)7-8-15(14)18(20)21;1-5(2,3)4/h2*7-8,11-12,16H,9-10H2,1-6H3;(H2,1,2,3,4)/q2*+1;/p-2. The number of nitrogens with zero attached hydrogens (tertiary/aromatic N) is 6. The second-order valence-electron chi connectivity index (χ2n) is 13.5. The predicted molar refractivity (Wildman–Crippen MR) is 187 cm³/mol. The molecule has 0 aliphatic carbocycles. The van der Waals surface area contributed by atoms with E-state index in [0.717, 1.165) is 33.2 Å². The number of rotatable bonds is 14. The van der Waals surface area contributed by atoms with Gasteiger partial charge >= 0.3 is 0 Å². The maximum atomic E-state index is 11.1. The molecule has 0 aliphatic rings. The van der Waals surface area contributed by atoms with Gasteiger partial charge in [-0.3, -0.25) is 28.6 Å². The lowest BCUT2D eigenvalue weighted by Crippen LogP contribution is -2.44. The fourth-order valence-corrected chi connectivity index (χ4v) is 3.81. The molecular weight excluding hydrogens is 632 g/mol. The summed E-state index contributed by atoms with van der Waals surface area (Å²) in [7, 11) is 15.4. The van der Waals surface area contributed by atoms with Gasteiger partial charge in [-0.2, -0.15) is 0 Å². The molecule has 0 amide bonds. The van der Waals surface area contributed by atoms with Crippen molar-refractivity contribution in [3.63, 3.8) is 0 Å². The van der Waals surface area contributed by atoms with Crippen molar-refractivity contribution in [2.24, 2.45) is 0 Å². The van der Waals surface area contributed by atoms with Crippen LogP contribution in [-0.2, 0) is 10.4 Å². The van der Waals surface area contributed by atoms with Crippen molar-refractivity contribution in [2.45, 2.75) is 38.8 Å². The van der Waals surface area contributed by atoms with Gasteiger partial charge in [0.05, 0.1) is 64.2 Å². The van der Waals surface area contributed by atoms with E-state index < -0.39 is 10.4 Å². The smallest absolute Gasteiger partial charge is 0.292 e. The molecule has 0 aliphatic heterocycles. The number of benzene rings is 2. The van der Waals surface area contributed by atoms with Crippen molar-refractivity contribution in [1.82, 2.24) is 0 Å². The Bertz CT molecular complexity index is 1310. The molecule has 0 fully saturated rings. The zero-order valence-electron chi connectivity index (χ0n) is 29.8. The van der Waals surface area contributed by atoms with E-state index in [4.69, 9.17) is 17.5 Å². The minimum absolute atomic E-state index is 0.124. The summed E-state index contributed by atoms with van der Waals surface area (Å²) in [6.45, 7) is 5.81. The quantitative estimate of drug-likeness (QED) is 0.0961. The summed E-state index contributed by atoms with van der Waals surface area (Å²) < 4.78 is 35.8. The van der Waals surface area contributed by atoms with Gasteiger partial charge in [0.2, 0.25) is 0 Å². The Balaban J connectivity index is 0.000000787. The first-order chi connectivity index (χ1) is 21.2. The number of quaternary nitrogens is 2. The van der Waals surface area contributed by atoms with Crippen LogP contribution >= 0.6 is 0 Å². The van der Waals surface area contributed by atoms with Gasteiger partial charge in [0.15, 0.2) is 0 Å². The summed E-state index contributed by atoms with van der Waals surface area (Å²) >= 11 is 0.